The van der Waals surface area contributed by atoms with Gasteiger partial charge in [-0.2, -0.15) is 0 Å². The molecule has 0 spiro atoms. The molecule has 3 rings (SSSR count). The number of carbonyl (C=O) groups excluding carboxylic acids is 1. The van der Waals surface area contributed by atoms with E-state index >= 15 is 0 Å². The average Bonchev–Trinajstić information content (AvgIpc) is 3.20. The Balaban J connectivity index is 1.49. The molecule has 0 aliphatic rings. The van der Waals surface area contributed by atoms with Crippen LogP contribution in [-0.2, 0) is 6.42 Å². The topological polar surface area (TPSA) is 68.0 Å². The molecule has 0 unspecified atom stereocenters. The zero-order valence-corrected chi connectivity index (χ0v) is 14.5. The minimum absolute atomic E-state index is 0.215. The van der Waals surface area contributed by atoms with Gasteiger partial charge in [-0.15, -0.1) is 11.3 Å². The second kappa shape index (κ2) is 7.40. The van der Waals surface area contributed by atoms with Gasteiger partial charge in [-0.25, -0.2) is 4.98 Å². The Kier molecular flexibility index (Phi) is 5.05. The van der Waals surface area contributed by atoms with Crippen LogP contribution in [-0.4, -0.2) is 22.6 Å². The summed E-state index contributed by atoms with van der Waals surface area (Å²) in [4.78, 5) is 17.9. The van der Waals surface area contributed by atoms with E-state index in [1.54, 1.807) is 17.4 Å². The number of nitrogens with one attached hydrogen (secondary N) is 1. The maximum atomic E-state index is 12.1. The van der Waals surface area contributed by atoms with Gasteiger partial charge >= 0.3 is 0 Å². The van der Waals surface area contributed by atoms with Gasteiger partial charge in [0.2, 0.25) is 0 Å². The van der Waals surface area contributed by atoms with Crippen LogP contribution in [0.5, 0.6) is 0 Å². The molecule has 5 nitrogen and oxygen atoms in total. The third-order valence-corrected chi connectivity index (χ3v) is 4.86. The van der Waals surface area contributed by atoms with Crippen molar-refractivity contribution < 1.29 is 9.32 Å². The van der Waals surface area contributed by atoms with Crippen molar-refractivity contribution in [3.05, 3.63) is 57.7 Å². The van der Waals surface area contributed by atoms with E-state index in [0.717, 1.165) is 29.1 Å². The van der Waals surface area contributed by atoms with E-state index in [9.17, 15) is 4.79 Å². The summed E-state index contributed by atoms with van der Waals surface area (Å²) in [5.41, 5.74) is 2.29. The van der Waals surface area contributed by atoms with Gasteiger partial charge < -0.3 is 9.84 Å². The lowest BCUT2D eigenvalue weighted by molar-refractivity contribution is 0.0944. The number of thiazole rings is 1. The van der Waals surface area contributed by atoms with Crippen molar-refractivity contribution in [2.75, 3.05) is 6.54 Å². The zero-order chi connectivity index (χ0) is 16.9. The normalized spacial score (nSPS) is 10.8. The minimum atomic E-state index is -0.215. The Morgan fingerprint density at radius 3 is 2.75 bits per heavy atom. The molecule has 0 atom stereocenters. The van der Waals surface area contributed by atoms with Crippen LogP contribution in [0.2, 0.25) is 0 Å². The summed E-state index contributed by atoms with van der Waals surface area (Å²) in [5, 5.41) is 7.84. The number of carbonyl (C=O) groups is 1. The number of amides is 1. The SMILES string of the molecule is Cc1nc(CCCNC(=O)c2cc(-c3ccccc3)on2)sc1C. The number of benzene rings is 1. The van der Waals surface area contributed by atoms with Crippen LogP contribution in [0.15, 0.2) is 40.9 Å². The van der Waals surface area contributed by atoms with E-state index < -0.39 is 0 Å². The number of aromatic nitrogens is 2. The maximum absolute atomic E-state index is 12.1. The van der Waals surface area contributed by atoms with Crippen molar-refractivity contribution in [2.24, 2.45) is 0 Å². The lowest BCUT2D eigenvalue weighted by atomic mass is 10.1. The highest BCUT2D eigenvalue weighted by Crippen LogP contribution is 2.20. The fraction of sp³-hybridized carbons (Fsp3) is 0.278. The van der Waals surface area contributed by atoms with E-state index in [0.29, 0.717) is 18.0 Å². The lowest BCUT2D eigenvalue weighted by Crippen LogP contribution is -2.25. The van der Waals surface area contributed by atoms with Gasteiger partial charge in [0.25, 0.3) is 5.91 Å². The predicted octanol–water partition coefficient (Wildman–Crippen LogP) is 3.78. The van der Waals surface area contributed by atoms with Crippen LogP contribution in [0.4, 0.5) is 0 Å². The van der Waals surface area contributed by atoms with E-state index in [1.807, 2.05) is 37.3 Å². The molecule has 0 bridgehead atoms. The molecule has 3 aromatic rings. The van der Waals surface area contributed by atoms with Crippen LogP contribution in [0.25, 0.3) is 11.3 Å². The molecular formula is C18H19N3O2S. The van der Waals surface area contributed by atoms with Crippen LogP contribution >= 0.6 is 11.3 Å². The Bertz CT molecular complexity index is 804. The minimum Gasteiger partial charge on any atom is -0.355 e. The molecule has 0 fully saturated rings. The molecule has 124 valence electrons. The first-order valence-electron chi connectivity index (χ1n) is 7.87. The Hall–Kier alpha value is -2.47. The highest BCUT2D eigenvalue weighted by atomic mass is 32.1. The van der Waals surface area contributed by atoms with E-state index in [4.69, 9.17) is 4.52 Å². The van der Waals surface area contributed by atoms with Crippen LogP contribution < -0.4 is 5.32 Å². The summed E-state index contributed by atoms with van der Waals surface area (Å²) in [7, 11) is 0. The van der Waals surface area contributed by atoms with Crippen LogP contribution in [0.3, 0.4) is 0 Å². The molecule has 6 heteroatoms. The van der Waals surface area contributed by atoms with Crippen molar-refractivity contribution >= 4 is 17.2 Å². The number of hydrogen-bond donors (Lipinski definition) is 1. The quantitative estimate of drug-likeness (QED) is 0.693. The van der Waals surface area contributed by atoms with Gasteiger partial charge in [0.15, 0.2) is 11.5 Å². The molecule has 1 amide bonds. The maximum Gasteiger partial charge on any atom is 0.273 e. The molecular weight excluding hydrogens is 322 g/mol. The molecule has 0 radical (unpaired) electrons. The fourth-order valence-electron chi connectivity index (χ4n) is 2.30. The third-order valence-electron chi connectivity index (χ3n) is 3.73. The highest BCUT2D eigenvalue weighted by molar-refractivity contribution is 7.11. The van der Waals surface area contributed by atoms with Gasteiger partial charge in [-0.1, -0.05) is 35.5 Å². The molecule has 2 aromatic heterocycles. The van der Waals surface area contributed by atoms with Crippen LogP contribution in [0, 0.1) is 13.8 Å². The van der Waals surface area contributed by atoms with Gasteiger partial charge in [-0.3, -0.25) is 4.79 Å². The zero-order valence-electron chi connectivity index (χ0n) is 13.7. The molecule has 2 heterocycles. The summed E-state index contributed by atoms with van der Waals surface area (Å²) in [6.45, 7) is 4.68. The smallest absolute Gasteiger partial charge is 0.273 e. The largest absolute Gasteiger partial charge is 0.355 e. The lowest BCUT2D eigenvalue weighted by Gasteiger charge is -2.01. The van der Waals surface area contributed by atoms with E-state index in [-0.39, 0.29) is 5.91 Å². The second-order valence-electron chi connectivity index (χ2n) is 5.55. The molecule has 24 heavy (non-hydrogen) atoms. The molecule has 0 aliphatic carbocycles. The first-order valence-corrected chi connectivity index (χ1v) is 8.68. The first-order chi connectivity index (χ1) is 11.6. The summed E-state index contributed by atoms with van der Waals surface area (Å²) < 4.78 is 5.24. The average molecular weight is 341 g/mol. The standard InChI is InChI=1S/C18H19N3O2S/c1-12-13(2)24-17(20-12)9-6-10-19-18(22)15-11-16(23-21-15)14-7-4-3-5-8-14/h3-5,7-8,11H,6,9-10H2,1-2H3,(H,19,22). The fourth-order valence-corrected chi connectivity index (χ4v) is 3.27. The first kappa shape index (κ1) is 16.4. The summed E-state index contributed by atoms with van der Waals surface area (Å²) in [5.74, 6) is 0.377. The summed E-state index contributed by atoms with van der Waals surface area (Å²) >= 11 is 1.72. The van der Waals surface area contributed by atoms with Gasteiger partial charge in [0, 0.05) is 29.5 Å². The van der Waals surface area contributed by atoms with Crippen molar-refractivity contribution in [3.63, 3.8) is 0 Å². The van der Waals surface area contributed by atoms with Crippen molar-refractivity contribution in [1.29, 1.82) is 0 Å². The Morgan fingerprint density at radius 1 is 1.25 bits per heavy atom. The number of rotatable bonds is 6. The van der Waals surface area contributed by atoms with E-state index in [1.165, 1.54) is 4.88 Å². The highest BCUT2D eigenvalue weighted by Gasteiger charge is 2.13. The summed E-state index contributed by atoms with van der Waals surface area (Å²) in [6, 6.07) is 11.3. The number of hydrogen-bond acceptors (Lipinski definition) is 5. The van der Waals surface area contributed by atoms with Gasteiger partial charge in [0.1, 0.15) is 0 Å². The van der Waals surface area contributed by atoms with Crippen molar-refractivity contribution in [3.8, 4) is 11.3 Å². The van der Waals surface area contributed by atoms with Gasteiger partial charge in [0.05, 0.1) is 10.7 Å². The Labute approximate surface area is 144 Å². The van der Waals surface area contributed by atoms with Crippen molar-refractivity contribution in [1.82, 2.24) is 15.5 Å². The Morgan fingerprint density at radius 2 is 2.04 bits per heavy atom. The summed E-state index contributed by atoms with van der Waals surface area (Å²) in [6.07, 6.45) is 1.72. The molecule has 0 saturated carbocycles. The number of aryl methyl sites for hydroxylation is 3. The van der Waals surface area contributed by atoms with Crippen molar-refractivity contribution in [2.45, 2.75) is 26.7 Å². The monoisotopic (exact) mass is 341 g/mol. The number of nitrogens with zero attached hydrogens (tertiary/aromatic N) is 2. The molecule has 0 aliphatic heterocycles. The third kappa shape index (κ3) is 3.89. The molecule has 0 saturated heterocycles. The molecule has 1 aromatic carbocycles. The van der Waals surface area contributed by atoms with Gasteiger partial charge in [-0.05, 0) is 20.3 Å². The van der Waals surface area contributed by atoms with E-state index in [2.05, 4.69) is 22.4 Å². The predicted molar refractivity (Wildman–Crippen MR) is 94.2 cm³/mol. The second-order valence-corrected chi connectivity index (χ2v) is 6.84. The van der Waals surface area contributed by atoms with Crippen LogP contribution in [0.1, 0.15) is 32.5 Å². The molecule has 1 N–H and O–H groups in total.